The van der Waals surface area contributed by atoms with Gasteiger partial charge in [-0.1, -0.05) is 103 Å². The van der Waals surface area contributed by atoms with E-state index < -0.39 is 0 Å². The molecule has 3 heterocycles. The van der Waals surface area contributed by atoms with Crippen LogP contribution in [-0.2, 0) is 0 Å². The smallest absolute Gasteiger partial charge is 0.164 e. The summed E-state index contributed by atoms with van der Waals surface area (Å²) in [4.78, 5) is 14.7. The SMILES string of the molecule is N#Cc1ccc2c(c1)c1cc(-c3cccc4c3sc3ccccc34)ccc1n2-c1ccc(-c2nc(-c3ccccc3)nc(-c3ccccc3)n2)cc1. The third-order valence-electron chi connectivity index (χ3n) is 9.69. The van der Waals surface area contributed by atoms with E-state index in [2.05, 4.69) is 102 Å². The molecule has 0 saturated heterocycles. The summed E-state index contributed by atoms with van der Waals surface area (Å²) < 4.78 is 4.84. The van der Waals surface area contributed by atoms with Crippen LogP contribution in [0.2, 0.25) is 0 Å². The Morgan fingerprint density at radius 1 is 0.462 bits per heavy atom. The highest BCUT2D eigenvalue weighted by Crippen LogP contribution is 2.42. The zero-order valence-corrected chi connectivity index (χ0v) is 28.5. The van der Waals surface area contributed by atoms with E-state index in [1.54, 1.807) is 0 Å². The van der Waals surface area contributed by atoms with Crippen molar-refractivity contribution in [2.75, 3.05) is 0 Å². The van der Waals surface area contributed by atoms with Gasteiger partial charge in [0.05, 0.1) is 22.7 Å². The van der Waals surface area contributed by atoms with Crippen molar-refractivity contribution in [3.8, 4) is 57.0 Å². The molecule has 0 radical (unpaired) electrons. The molecule has 0 atom stereocenters. The minimum Gasteiger partial charge on any atom is -0.309 e. The van der Waals surface area contributed by atoms with Gasteiger partial charge < -0.3 is 4.57 Å². The topological polar surface area (TPSA) is 67.4 Å². The summed E-state index contributed by atoms with van der Waals surface area (Å²) in [6.07, 6.45) is 0. The van der Waals surface area contributed by atoms with Gasteiger partial charge in [0.2, 0.25) is 0 Å². The average molecular weight is 682 g/mol. The number of hydrogen-bond donors (Lipinski definition) is 0. The van der Waals surface area contributed by atoms with Crippen LogP contribution in [0.5, 0.6) is 0 Å². The number of rotatable bonds is 5. The van der Waals surface area contributed by atoms with E-state index in [9.17, 15) is 5.26 Å². The Bertz CT molecular complexity index is 2950. The molecule has 5 nitrogen and oxygen atoms in total. The maximum atomic E-state index is 9.86. The third-order valence-corrected chi connectivity index (χ3v) is 10.9. The molecule has 0 fully saturated rings. The van der Waals surface area contributed by atoms with E-state index in [1.807, 2.05) is 84.1 Å². The largest absolute Gasteiger partial charge is 0.309 e. The normalized spacial score (nSPS) is 11.4. The zero-order valence-electron chi connectivity index (χ0n) is 27.7. The van der Waals surface area contributed by atoms with Crippen LogP contribution in [0.25, 0.3) is 93.0 Å². The average Bonchev–Trinajstić information content (AvgIpc) is 3.76. The molecule has 7 aromatic carbocycles. The summed E-state index contributed by atoms with van der Waals surface area (Å²) in [5, 5.41) is 14.6. The van der Waals surface area contributed by atoms with Gasteiger partial charge in [-0.3, -0.25) is 0 Å². The highest BCUT2D eigenvalue weighted by Gasteiger charge is 2.17. The monoisotopic (exact) mass is 681 g/mol. The lowest BCUT2D eigenvalue weighted by atomic mass is 10.0. The van der Waals surface area contributed by atoms with Crippen molar-refractivity contribution in [3.63, 3.8) is 0 Å². The van der Waals surface area contributed by atoms with E-state index >= 15 is 0 Å². The molecule has 0 spiro atoms. The quantitative estimate of drug-likeness (QED) is 0.181. The summed E-state index contributed by atoms with van der Waals surface area (Å²) in [6.45, 7) is 0. The second kappa shape index (κ2) is 12.1. The van der Waals surface area contributed by atoms with Gasteiger partial charge in [0.1, 0.15) is 0 Å². The minimum atomic E-state index is 0.611. The fourth-order valence-corrected chi connectivity index (χ4v) is 8.45. The summed E-state index contributed by atoms with van der Waals surface area (Å²) in [5.41, 5.74) is 8.89. The highest BCUT2D eigenvalue weighted by molar-refractivity contribution is 7.26. The van der Waals surface area contributed by atoms with Gasteiger partial charge in [-0.05, 0) is 71.8 Å². The molecule has 3 aromatic heterocycles. The van der Waals surface area contributed by atoms with Crippen molar-refractivity contribution in [3.05, 3.63) is 169 Å². The zero-order chi connectivity index (χ0) is 34.6. The molecular formula is C46H27N5S. The molecule has 0 aliphatic heterocycles. The first-order chi connectivity index (χ1) is 25.7. The summed E-state index contributed by atoms with van der Waals surface area (Å²) in [5.74, 6) is 1.87. The van der Waals surface area contributed by atoms with Crippen LogP contribution < -0.4 is 0 Å². The Morgan fingerprint density at radius 2 is 1.02 bits per heavy atom. The lowest BCUT2D eigenvalue weighted by molar-refractivity contribution is 1.07. The Balaban J connectivity index is 1.11. The van der Waals surface area contributed by atoms with Gasteiger partial charge in [0.25, 0.3) is 0 Å². The number of hydrogen-bond acceptors (Lipinski definition) is 5. The first-order valence-corrected chi connectivity index (χ1v) is 17.9. The molecule has 6 heteroatoms. The van der Waals surface area contributed by atoms with Crippen LogP contribution >= 0.6 is 11.3 Å². The van der Waals surface area contributed by atoms with Crippen LogP contribution in [0.4, 0.5) is 0 Å². The van der Waals surface area contributed by atoms with Crippen molar-refractivity contribution in [1.29, 1.82) is 5.26 Å². The van der Waals surface area contributed by atoms with Gasteiger partial charge in [0.15, 0.2) is 17.5 Å². The van der Waals surface area contributed by atoms with Crippen LogP contribution in [0.1, 0.15) is 5.56 Å². The Hall–Kier alpha value is -6.94. The molecule has 242 valence electrons. The van der Waals surface area contributed by atoms with Crippen LogP contribution in [0, 0.1) is 11.3 Å². The number of thiophene rings is 1. The van der Waals surface area contributed by atoms with Crippen LogP contribution in [0.15, 0.2) is 164 Å². The van der Waals surface area contributed by atoms with Crippen molar-refractivity contribution < 1.29 is 0 Å². The third kappa shape index (κ3) is 4.95. The van der Waals surface area contributed by atoms with Gasteiger partial charge in [-0.15, -0.1) is 11.3 Å². The molecule has 0 bridgehead atoms. The van der Waals surface area contributed by atoms with Gasteiger partial charge in [-0.2, -0.15) is 5.26 Å². The van der Waals surface area contributed by atoms with E-state index in [4.69, 9.17) is 15.0 Å². The second-order valence-electron chi connectivity index (χ2n) is 12.8. The van der Waals surface area contributed by atoms with Gasteiger partial charge >= 0.3 is 0 Å². The summed E-state index contributed by atoms with van der Waals surface area (Å²) in [7, 11) is 0. The maximum absolute atomic E-state index is 9.86. The number of nitrogens with zero attached hydrogens (tertiary/aromatic N) is 5. The predicted octanol–water partition coefficient (Wildman–Crippen LogP) is 11.9. The molecule has 52 heavy (non-hydrogen) atoms. The lowest BCUT2D eigenvalue weighted by Gasteiger charge is -2.11. The molecule has 0 aliphatic rings. The van der Waals surface area contributed by atoms with Crippen molar-refractivity contribution >= 4 is 53.3 Å². The standard InChI is InChI=1S/C46H27N5S/c47-28-29-18-24-40-38(26-29)39-27-33(35-15-9-16-37-36-14-7-8-17-42(36)52-43(35)37)21-25-41(39)51(40)34-22-19-32(20-23-34)46-49-44(30-10-3-1-4-11-30)48-45(50-46)31-12-5-2-6-13-31/h1-27H. The van der Waals surface area contributed by atoms with E-state index in [-0.39, 0.29) is 0 Å². The number of nitriles is 1. The van der Waals surface area contributed by atoms with Gasteiger partial charge in [0, 0.05) is 53.3 Å². The molecule has 0 amide bonds. The maximum Gasteiger partial charge on any atom is 0.164 e. The predicted molar refractivity (Wildman–Crippen MR) is 214 cm³/mol. The number of benzene rings is 7. The molecule has 0 unspecified atom stereocenters. The van der Waals surface area contributed by atoms with E-state index in [0.717, 1.165) is 49.7 Å². The molecule has 10 aromatic rings. The van der Waals surface area contributed by atoms with Crippen molar-refractivity contribution in [1.82, 2.24) is 19.5 Å². The van der Waals surface area contributed by atoms with Gasteiger partial charge in [-0.25, -0.2) is 15.0 Å². The fraction of sp³-hybridized carbons (Fsp3) is 0. The molecule has 0 saturated carbocycles. The Kier molecular flexibility index (Phi) is 6.98. The fourth-order valence-electron chi connectivity index (χ4n) is 7.21. The lowest BCUT2D eigenvalue weighted by Crippen LogP contribution is -2.00. The van der Waals surface area contributed by atoms with Crippen LogP contribution in [0.3, 0.4) is 0 Å². The Morgan fingerprint density at radius 3 is 1.69 bits per heavy atom. The highest BCUT2D eigenvalue weighted by atomic mass is 32.1. The van der Waals surface area contributed by atoms with E-state index in [0.29, 0.717) is 23.0 Å². The summed E-state index contributed by atoms with van der Waals surface area (Å²) >= 11 is 1.84. The van der Waals surface area contributed by atoms with Crippen LogP contribution in [-0.4, -0.2) is 19.5 Å². The molecule has 0 N–H and O–H groups in total. The summed E-state index contributed by atoms with van der Waals surface area (Å²) in [6, 6.07) is 58.6. The minimum absolute atomic E-state index is 0.611. The van der Waals surface area contributed by atoms with E-state index in [1.165, 1.54) is 25.7 Å². The molecule has 10 rings (SSSR count). The molecule has 0 aliphatic carbocycles. The van der Waals surface area contributed by atoms with Crippen molar-refractivity contribution in [2.24, 2.45) is 0 Å². The first-order valence-electron chi connectivity index (χ1n) is 17.1. The Labute approximate surface area is 303 Å². The number of fused-ring (bicyclic) bond motifs is 6. The van der Waals surface area contributed by atoms with Crippen molar-refractivity contribution in [2.45, 2.75) is 0 Å². The second-order valence-corrected chi connectivity index (χ2v) is 13.8. The first kappa shape index (κ1) is 29.9. The number of aromatic nitrogens is 4. The molecular weight excluding hydrogens is 655 g/mol.